The summed E-state index contributed by atoms with van der Waals surface area (Å²) in [6.45, 7) is 1.67. The van der Waals surface area contributed by atoms with Crippen LogP contribution >= 0.6 is 15.9 Å². The van der Waals surface area contributed by atoms with Gasteiger partial charge in [0.05, 0.1) is 10.6 Å². The van der Waals surface area contributed by atoms with E-state index in [9.17, 15) is 13.2 Å². The summed E-state index contributed by atoms with van der Waals surface area (Å²) in [4.78, 5) is 13.0. The van der Waals surface area contributed by atoms with Crippen molar-refractivity contribution in [3.63, 3.8) is 0 Å². The molecule has 1 N–H and O–H groups in total. The molecule has 2 bridgehead atoms. The maximum Gasteiger partial charge on any atom is 0.264 e. The lowest BCUT2D eigenvalue weighted by Crippen LogP contribution is -2.46. The first-order chi connectivity index (χ1) is 13.8. The number of amides is 1. The molecule has 0 spiro atoms. The number of carbonyl (C=O) groups excluding carboxylic acids is 1. The second-order valence-electron chi connectivity index (χ2n) is 8.15. The van der Waals surface area contributed by atoms with Gasteiger partial charge in [-0.25, -0.2) is 8.42 Å². The lowest BCUT2D eigenvalue weighted by atomic mass is 9.95. The monoisotopic (exact) mass is 476 g/mol. The van der Waals surface area contributed by atoms with Crippen molar-refractivity contribution in [3.8, 4) is 0 Å². The summed E-state index contributed by atoms with van der Waals surface area (Å²) in [7, 11) is -3.87. The first-order valence-electron chi connectivity index (χ1n) is 9.97. The standard InChI is InChI=1S/C22H25BrN2O3S/c1-15-5-9-20(10-6-15)29(27,28)25(19-4-2-3-18(23)13-19)14-22(26)24-21-12-16-7-8-17(21)11-16/h2-6,9-10,13,16-17,21H,7-8,11-12,14H2,1H3,(H,24,26)/t16-,17+,21-/m1/s1. The van der Waals surface area contributed by atoms with Crippen LogP contribution in [0.3, 0.4) is 0 Å². The van der Waals surface area contributed by atoms with Gasteiger partial charge in [-0.1, -0.05) is 46.1 Å². The van der Waals surface area contributed by atoms with Crippen molar-refractivity contribution in [2.45, 2.75) is 43.5 Å². The number of sulfonamides is 1. The van der Waals surface area contributed by atoms with Gasteiger partial charge in [-0.2, -0.15) is 0 Å². The number of anilines is 1. The predicted octanol–water partition coefficient (Wildman–Crippen LogP) is 4.26. The number of nitrogens with one attached hydrogen (secondary N) is 1. The minimum absolute atomic E-state index is 0.174. The van der Waals surface area contributed by atoms with Gasteiger partial charge in [0.25, 0.3) is 10.0 Å². The van der Waals surface area contributed by atoms with E-state index in [1.54, 1.807) is 42.5 Å². The van der Waals surface area contributed by atoms with E-state index in [1.807, 2.05) is 13.0 Å². The highest BCUT2D eigenvalue weighted by molar-refractivity contribution is 9.10. The van der Waals surface area contributed by atoms with Crippen molar-refractivity contribution < 1.29 is 13.2 Å². The van der Waals surface area contributed by atoms with Gasteiger partial charge in [-0.3, -0.25) is 9.10 Å². The van der Waals surface area contributed by atoms with E-state index in [0.29, 0.717) is 17.5 Å². The van der Waals surface area contributed by atoms with Crippen LogP contribution < -0.4 is 9.62 Å². The molecule has 2 aliphatic rings. The molecular weight excluding hydrogens is 452 g/mol. The van der Waals surface area contributed by atoms with Crippen LogP contribution in [0.25, 0.3) is 0 Å². The minimum Gasteiger partial charge on any atom is -0.352 e. The number of nitrogens with zero attached hydrogens (tertiary/aromatic N) is 1. The fraction of sp³-hybridized carbons (Fsp3) is 0.409. The highest BCUT2D eigenvalue weighted by Crippen LogP contribution is 2.44. The minimum atomic E-state index is -3.87. The molecule has 2 aromatic carbocycles. The van der Waals surface area contributed by atoms with Crippen molar-refractivity contribution in [1.29, 1.82) is 0 Å². The normalized spacial score (nSPS) is 23.2. The number of fused-ring (bicyclic) bond motifs is 2. The molecule has 1 amide bonds. The molecule has 154 valence electrons. The fourth-order valence-corrected chi connectivity index (χ4v) is 6.39. The Balaban J connectivity index is 1.60. The second-order valence-corrected chi connectivity index (χ2v) is 10.9. The van der Waals surface area contributed by atoms with Crippen molar-refractivity contribution in [2.75, 3.05) is 10.8 Å². The van der Waals surface area contributed by atoms with Gasteiger partial charge < -0.3 is 5.32 Å². The van der Waals surface area contributed by atoms with Gasteiger partial charge in [0.2, 0.25) is 5.91 Å². The number of carbonyl (C=O) groups is 1. The second kappa shape index (κ2) is 8.11. The molecule has 3 atom stereocenters. The zero-order chi connectivity index (χ0) is 20.6. The molecular formula is C22H25BrN2O3S. The summed E-state index contributed by atoms with van der Waals surface area (Å²) < 4.78 is 28.7. The summed E-state index contributed by atoms with van der Waals surface area (Å²) >= 11 is 3.40. The van der Waals surface area contributed by atoms with Crippen LogP contribution in [0.15, 0.2) is 57.9 Å². The summed E-state index contributed by atoms with van der Waals surface area (Å²) in [6, 6.07) is 13.9. The molecule has 0 heterocycles. The molecule has 0 saturated heterocycles. The molecule has 0 aliphatic heterocycles. The van der Waals surface area contributed by atoms with Crippen molar-refractivity contribution in [2.24, 2.45) is 11.8 Å². The lowest BCUT2D eigenvalue weighted by Gasteiger charge is -2.27. The number of halogens is 1. The van der Waals surface area contributed by atoms with E-state index in [-0.39, 0.29) is 23.4 Å². The average molecular weight is 477 g/mol. The molecule has 0 unspecified atom stereocenters. The molecule has 2 aliphatic carbocycles. The maximum atomic E-state index is 13.4. The van der Waals surface area contributed by atoms with Crippen molar-refractivity contribution in [3.05, 3.63) is 58.6 Å². The molecule has 0 radical (unpaired) electrons. The molecule has 5 nitrogen and oxygen atoms in total. The topological polar surface area (TPSA) is 66.5 Å². The van der Waals surface area contributed by atoms with E-state index >= 15 is 0 Å². The highest BCUT2D eigenvalue weighted by atomic mass is 79.9. The molecule has 0 aromatic heterocycles. The molecule has 2 aromatic rings. The Labute approximate surface area is 180 Å². The third-order valence-electron chi connectivity index (χ3n) is 6.08. The Morgan fingerprint density at radius 3 is 2.52 bits per heavy atom. The lowest BCUT2D eigenvalue weighted by molar-refractivity contribution is -0.120. The Bertz CT molecular complexity index is 1010. The van der Waals surface area contributed by atoms with E-state index in [1.165, 1.54) is 17.1 Å². The van der Waals surface area contributed by atoms with Crippen LogP contribution in [0, 0.1) is 18.8 Å². The van der Waals surface area contributed by atoms with Gasteiger partial charge in [-0.05, 0) is 68.4 Å². The van der Waals surface area contributed by atoms with Crippen LogP contribution in [0.4, 0.5) is 5.69 Å². The number of rotatable bonds is 6. The van der Waals surface area contributed by atoms with E-state index in [0.717, 1.165) is 22.9 Å². The van der Waals surface area contributed by atoms with Gasteiger partial charge in [0.1, 0.15) is 6.54 Å². The zero-order valence-electron chi connectivity index (χ0n) is 16.3. The molecule has 29 heavy (non-hydrogen) atoms. The van der Waals surface area contributed by atoms with Gasteiger partial charge in [-0.15, -0.1) is 0 Å². The first-order valence-corrected chi connectivity index (χ1v) is 12.2. The van der Waals surface area contributed by atoms with Crippen LogP contribution in [0.5, 0.6) is 0 Å². The highest BCUT2D eigenvalue weighted by Gasteiger charge is 2.40. The fourth-order valence-electron chi connectivity index (χ4n) is 4.59. The number of aryl methyl sites for hydroxylation is 1. The summed E-state index contributed by atoms with van der Waals surface area (Å²) in [5.74, 6) is 0.998. The van der Waals surface area contributed by atoms with Gasteiger partial charge >= 0.3 is 0 Å². The Hall–Kier alpha value is -1.86. The summed E-state index contributed by atoms with van der Waals surface area (Å²) in [5.41, 5.74) is 1.44. The Morgan fingerprint density at radius 1 is 1.14 bits per heavy atom. The SMILES string of the molecule is Cc1ccc(S(=O)(=O)N(CC(=O)N[C@@H]2C[C@@H]3CC[C@H]2C3)c2cccc(Br)c2)cc1. The maximum absolute atomic E-state index is 13.4. The van der Waals surface area contributed by atoms with E-state index in [4.69, 9.17) is 0 Å². The summed E-state index contributed by atoms with van der Waals surface area (Å²) in [6.07, 6.45) is 4.61. The molecule has 7 heteroatoms. The van der Waals surface area contributed by atoms with E-state index in [2.05, 4.69) is 21.2 Å². The summed E-state index contributed by atoms with van der Waals surface area (Å²) in [5, 5.41) is 3.10. The first kappa shape index (κ1) is 20.4. The van der Waals surface area contributed by atoms with Crippen LogP contribution in [0.2, 0.25) is 0 Å². The number of hydrogen-bond donors (Lipinski definition) is 1. The quantitative estimate of drug-likeness (QED) is 0.677. The number of benzene rings is 2. The van der Waals surface area contributed by atoms with E-state index < -0.39 is 10.0 Å². The average Bonchev–Trinajstić information content (AvgIpc) is 3.29. The molecule has 2 fully saturated rings. The largest absolute Gasteiger partial charge is 0.352 e. The van der Waals surface area contributed by atoms with Crippen molar-refractivity contribution >= 4 is 37.5 Å². The van der Waals surface area contributed by atoms with Crippen LogP contribution in [-0.2, 0) is 14.8 Å². The third-order valence-corrected chi connectivity index (χ3v) is 8.36. The zero-order valence-corrected chi connectivity index (χ0v) is 18.7. The third kappa shape index (κ3) is 4.36. The molecule has 4 rings (SSSR count). The predicted molar refractivity (Wildman–Crippen MR) is 117 cm³/mol. The van der Waals surface area contributed by atoms with Crippen LogP contribution in [0.1, 0.15) is 31.2 Å². The van der Waals surface area contributed by atoms with Crippen molar-refractivity contribution in [1.82, 2.24) is 5.32 Å². The van der Waals surface area contributed by atoms with Gasteiger partial charge in [0, 0.05) is 10.5 Å². The number of hydrogen-bond acceptors (Lipinski definition) is 3. The van der Waals surface area contributed by atoms with Crippen LogP contribution in [-0.4, -0.2) is 26.9 Å². The Morgan fingerprint density at radius 2 is 1.90 bits per heavy atom. The smallest absolute Gasteiger partial charge is 0.264 e. The molecule has 2 saturated carbocycles. The Kier molecular flexibility index (Phi) is 5.71. The van der Waals surface area contributed by atoms with Gasteiger partial charge in [0.15, 0.2) is 0 Å².